The zero-order valence-corrected chi connectivity index (χ0v) is 71.5. The second kappa shape index (κ2) is 52.6. The van der Waals surface area contributed by atoms with Crippen LogP contribution in [-0.2, 0) is 6.18 Å². The van der Waals surface area contributed by atoms with Crippen molar-refractivity contribution in [3.8, 4) is 0 Å². The minimum atomic E-state index is -4.24. The molecule has 1 heterocycles. The van der Waals surface area contributed by atoms with Gasteiger partial charge in [0, 0.05) is 26.4 Å². The normalized spacial score (nSPS) is 10.6. The van der Waals surface area contributed by atoms with Crippen molar-refractivity contribution in [2.45, 2.75) is 274 Å². The van der Waals surface area contributed by atoms with Crippen LogP contribution in [0.15, 0.2) is 194 Å². The van der Waals surface area contributed by atoms with Gasteiger partial charge in [-0.25, -0.2) is 26.3 Å². The average molecular weight is 1560 g/mol. The molecule has 0 unspecified atom stereocenters. The Morgan fingerprint density at radius 3 is 0.918 bits per heavy atom. The first-order valence-corrected chi connectivity index (χ1v) is 39.0. The standard InChI is InChI=1S/C11H13F3.C10H13Cl.C10H12F2.2C10H13F.2C10H14.C9H10F2.C9H12.C8H12S.2CH4/c1-7(2)9-4-8(3)5-10(6-9)11(12,13)14;1-7(2)9-4-8(3)5-10(11)6-9;1-6(2)8-4-9(11)7(3)10(12)5-8;1-7(2)9-4-8(3)5-10(11)6-9;1-7(2)9-4-5-10(11)8(3)6-9;2*1-8(2)10-6-4-9(3)5-7-10;1-6(2)7-3-8(10)5-9(11)4-7;1-8(2)9-6-4-3-5-7-9;1-6(2)8-5-4-7(3)9-8;;/h4-7H,1-3H3;4-7H,1-3H3;4-6H,1-3H3;2*4-7H,1-3H3;2*4-8H,1-3H3;3-6H,1-2H3;3-8H,1-2H3;4-6H,1-3H3;2*1H4. The van der Waals surface area contributed by atoms with E-state index in [1.165, 1.54) is 104 Å². The molecular formula is C99H134ClF9S. The van der Waals surface area contributed by atoms with Crippen LogP contribution in [0.1, 0.15) is 317 Å². The van der Waals surface area contributed by atoms with E-state index in [0.29, 0.717) is 58.1 Å². The van der Waals surface area contributed by atoms with Crippen LogP contribution in [0.5, 0.6) is 0 Å². The van der Waals surface area contributed by atoms with Crippen molar-refractivity contribution in [1.82, 2.24) is 0 Å². The van der Waals surface area contributed by atoms with E-state index in [2.05, 4.69) is 216 Å². The van der Waals surface area contributed by atoms with Gasteiger partial charge in [-0.2, -0.15) is 13.2 Å². The summed E-state index contributed by atoms with van der Waals surface area (Å²) in [5.74, 6) is 2.39. The van der Waals surface area contributed by atoms with Crippen LogP contribution in [0, 0.1) is 90.3 Å². The maximum absolute atomic E-state index is 13.0. The summed E-state index contributed by atoms with van der Waals surface area (Å²) >= 11 is 7.79. The minimum absolute atomic E-state index is 0. The third-order valence-electron chi connectivity index (χ3n) is 17.2. The Hall–Kier alpha value is -7.66. The summed E-state index contributed by atoms with van der Waals surface area (Å²) in [6.45, 7) is 57.0. The lowest BCUT2D eigenvalue weighted by Crippen LogP contribution is -2.06. The molecule has 10 aromatic rings. The Bertz CT molecular complexity index is 3890. The second-order valence-corrected chi connectivity index (χ2v) is 32.6. The molecule has 0 aliphatic heterocycles. The summed E-state index contributed by atoms with van der Waals surface area (Å²) in [5.41, 5.74) is 15.8. The van der Waals surface area contributed by atoms with E-state index in [9.17, 15) is 39.5 Å². The van der Waals surface area contributed by atoms with Gasteiger partial charge in [-0.15, -0.1) is 11.3 Å². The fraction of sp³-hybridized carbons (Fsp3) is 0.414. The van der Waals surface area contributed by atoms with Crippen LogP contribution in [0.2, 0.25) is 5.02 Å². The van der Waals surface area contributed by atoms with Crippen LogP contribution in [0.25, 0.3) is 0 Å². The average Bonchev–Trinajstić information content (AvgIpc) is 0.876. The van der Waals surface area contributed by atoms with Crippen molar-refractivity contribution in [2.75, 3.05) is 0 Å². The third-order valence-corrected chi connectivity index (χ3v) is 18.7. The summed E-state index contributed by atoms with van der Waals surface area (Å²) in [5, 5.41) is 0.841. The monoisotopic (exact) mass is 1560 g/mol. The molecule has 0 nitrogen and oxygen atoms in total. The number of hydrogen-bond donors (Lipinski definition) is 0. The zero-order chi connectivity index (χ0) is 82.6. The van der Waals surface area contributed by atoms with E-state index in [1.54, 1.807) is 32.0 Å². The number of aryl methyl sites for hydroxylation is 7. The summed E-state index contributed by atoms with van der Waals surface area (Å²) in [6, 6.07) is 59.5. The lowest BCUT2D eigenvalue weighted by atomic mass is 9.98. The molecule has 9 aromatic carbocycles. The molecule has 0 radical (unpaired) electrons. The molecule has 0 N–H and O–H groups in total. The van der Waals surface area contributed by atoms with Crippen LogP contribution in [0.3, 0.4) is 0 Å². The summed E-state index contributed by atoms with van der Waals surface area (Å²) in [6.07, 6.45) is -4.24. The molecule has 0 spiro atoms. The molecule has 0 saturated carbocycles. The van der Waals surface area contributed by atoms with Gasteiger partial charge in [0.05, 0.1) is 5.56 Å². The van der Waals surface area contributed by atoms with Gasteiger partial charge in [-0.05, 0) is 260 Å². The number of hydrogen-bond acceptors (Lipinski definition) is 1. The maximum atomic E-state index is 13.0. The lowest BCUT2D eigenvalue weighted by Gasteiger charge is -2.12. The maximum Gasteiger partial charge on any atom is 0.416 e. The fourth-order valence-electron chi connectivity index (χ4n) is 9.94. The molecule has 1 aromatic heterocycles. The molecular weight excluding hydrogens is 1430 g/mol. The Balaban J connectivity index is 0. The van der Waals surface area contributed by atoms with Gasteiger partial charge in [0.2, 0.25) is 0 Å². The molecule has 10 rings (SSSR count). The van der Waals surface area contributed by atoms with E-state index in [0.717, 1.165) is 33.3 Å². The van der Waals surface area contributed by atoms with Crippen LogP contribution in [0.4, 0.5) is 39.5 Å². The molecule has 606 valence electrons. The lowest BCUT2D eigenvalue weighted by molar-refractivity contribution is -0.137. The molecule has 0 atom stereocenters. The first-order chi connectivity index (χ1) is 50.1. The van der Waals surface area contributed by atoms with Crippen LogP contribution < -0.4 is 0 Å². The fourth-order valence-corrected chi connectivity index (χ4v) is 11.1. The molecule has 11 heteroatoms. The van der Waals surface area contributed by atoms with Crippen molar-refractivity contribution in [3.05, 3.63) is 338 Å². The predicted molar refractivity (Wildman–Crippen MR) is 464 cm³/mol. The molecule has 110 heavy (non-hydrogen) atoms. The predicted octanol–water partition coefficient (Wildman–Crippen LogP) is 34.4. The van der Waals surface area contributed by atoms with Gasteiger partial charge in [0.15, 0.2) is 0 Å². The summed E-state index contributed by atoms with van der Waals surface area (Å²) in [4.78, 5) is 2.91. The Morgan fingerprint density at radius 2 is 0.600 bits per heavy atom. The molecule has 0 fully saturated rings. The number of rotatable bonds is 10. The highest BCUT2D eigenvalue weighted by Crippen LogP contribution is 2.33. The number of halogens is 10. The second-order valence-electron chi connectivity index (χ2n) is 30.8. The van der Waals surface area contributed by atoms with E-state index in [1.807, 2.05) is 96.2 Å². The van der Waals surface area contributed by atoms with Gasteiger partial charge < -0.3 is 0 Å². The van der Waals surface area contributed by atoms with E-state index < -0.39 is 35.0 Å². The van der Waals surface area contributed by atoms with Gasteiger partial charge >= 0.3 is 6.18 Å². The van der Waals surface area contributed by atoms with Crippen molar-refractivity contribution in [3.63, 3.8) is 0 Å². The van der Waals surface area contributed by atoms with Gasteiger partial charge in [-0.3, -0.25) is 0 Å². The number of alkyl halides is 3. The van der Waals surface area contributed by atoms with Crippen molar-refractivity contribution < 1.29 is 39.5 Å². The first-order valence-electron chi connectivity index (χ1n) is 37.8. The van der Waals surface area contributed by atoms with Crippen LogP contribution in [-0.4, -0.2) is 0 Å². The highest BCUT2D eigenvalue weighted by molar-refractivity contribution is 7.12. The SMILES string of the molecule is C.C.CC(C)c1cc(F)cc(F)c1.CC(C)c1ccccc1.Cc1c(F)cc(C(C)C)cc1F.Cc1cc(C(C)C)cc(C(F)(F)F)c1.Cc1cc(C(C)C)ccc1F.Cc1cc(Cl)cc(C(C)C)c1.Cc1cc(F)cc(C(C)C)c1.Cc1ccc(C(C)C)cc1.Cc1ccc(C(C)C)cc1.Cc1ccc(C(C)C)s1. The van der Waals surface area contributed by atoms with Crippen molar-refractivity contribution in [2.24, 2.45) is 0 Å². The highest BCUT2D eigenvalue weighted by atomic mass is 35.5. The first kappa shape index (κ1) is 104. The molecule has 0 aliphatic rings. The molecule has 0 saturated heterocycles. The minimum Gasteiger partial charge on any atom is -0.207 e. The largest absolute Gasteiger partial charge is 0.416 e. The molecule has 0 bridgehead atoms. The van der Waals surface area contributed by atoms with Gasteiger partial charge in [0.1, 0.15) is 34.9 Å². The zero-order valence-electron chi connectivity index (χ0n) is 69.9. The quantitative estimate of drug-likeness (QED) is 0.120. The molecule has 0 aliphatic carbocycles. The van der Waals surface area contributed by atoms with Crippen molar-refractivity contribution >= 4 is 22.9 Å². The van der Waals surface area contributed by atoms with E-state index in [-0.39, 0.29) is 49.8 Å². The smallest absolute Gasteiger partial charge is 0.207 e. The summed E-state index contributed by atoms with van der Waals surface area (Å²) in [7, 11) is 0. The Labute approximate surface area is 670 Å². The highest BCUT2D eigenvalue weighted by Gasteiger charge is 2.31. The Kier molecular flexibility index (Phi) is 49.9. The van der Waals surface area contributed by atoms with Crippen molar-refractivity contribution in [1.29, 1.82) is 0 Å². The van der Waals surface area contributed by atoms with Gasteiger partial charge in [0.25, 0.3) is 0 Å². The van der Waals surface area contributed by atoms with Gasteiger partial charge in [-0.1, -0.05) is 291 Å². The Morgan fingerprint density at radius 1 is 0.273 bits per heavy atom. The molecule has 0 amide bonds. The third kappa shape index (κ3) is 42.7. The van der Waals surface area contributed by atoms with E-state index >= 15 is 0 Å². The topological polar surface area (TPSA) is 0 Å². The number of benzene rings is 9. The van der Waals surface area contributed by atoms with Crippen LogP contribution >= 0.6 is 22.9 Å². The summed E-state index contributed by atoms with van der Waals surface area (Å²) < 4.78 is 114. The number of thiophene rings is 1. The van der Waals surface area contributed by atoms with E-state index in [4.69, 9.17) is 11.6 Å².